The van der Waals surface area contributed by atoms with E-state index in [9.17, 15) is 4.79 Å². The third-order valence-corrected chi connectivity index (χ3v) is 5.30. The third kappa shape index (κ3) is 4.93. The number of hydrogen-bond acceptors (Lipinski definition) is 4. The smallest absolute Gasteiger partial charge is 0.234 e. The number of carbonyl (C=O) groups is 1. The highest BCUT2D eigenvalue weighted by molar-refractivity contribution is 7.99. The molecule has 0 spiro atoms. The predicted octanol–water partition coefficient (Wildman–Crippen LogP) is 5.20. The first-order valence-corrected chi connectivity index (χ1v) is 10.1. The standard InChI is InChI=1S/C20H22ClNO3S/c1-13(2)14-3-5-18(6-4-14)22-19(23)11-26-10-16-8-17(21)7-15-9-24-12-25-20(15)16/h3-8,13H,9-12H2,1-2H3,(H,22,23). The molecule has 2 aromatic rings. The Labute approximate surface area is 163 Å². The van der Waals surface area contributed by atoms with Gasteiger partial charge >= 0.3 is 0 Å². The number of benzene rings is 2. The van der Waals surface area contributed by atoms with Crippen LogP contribution in [-0.4, -0.2) is 18.5 Å². The van der Waals surface area contributed by atoms with Gasteiger partial charge in [-0.1, -0.05) is 37.6 Å². The fourth-order valence-electron chi connectivity index (χ4n) is 2.77. The molecule has 0 saturated carbocycles. The van der Waals surface area contributed by atoms with Gasteiger partial charge in [0, 0.05) is 27.6 Å². The molecule has 0 saturated heterocycles. The summed E-state index contributed by atoms with van der Waals surface area (Å²) >= 11 is 7.70. The lowest BCUT2D eigenvalue weighted by molar-refractivity contribution is -0.113. The van der Waals surface area contributed by atoms with E-state index in [0.717, 1.165) is 22.6 Å². The zero-order valence-corrected chi connectivity index (χ0v) is 16.5. The molecule has 0 atom stereocenters. The highest BCUT2D eigenvalue weighted by atomic mass is 35.5. The number of halogens is 1. The van der Waals surface area contributed by atoms with Gasteiger partial charge in [0.2, 0.25) is 5.91 Å². The van der Waals surface area contributed by atoms with Crippen LogP contribution in [0.25, 0.3) is 0 Å². The van der Waals surface area contributed by atoms with Crippen LogP contribution in [0.5, 0.6) is 5.75 Å². The van der Waals surface area contributed by atoms with E-state index in [1.807, 2.05) is 36.4 Å². The van der Waals surface area contributed by atoms with Gasteiger partial charge in [0.25, 0.3) is 0 Å². The van der Waals surface area contributed by atoms with E-state index in [4.69, 9.17) is 21.1 Å². The van der Waals surface area contributed by atoms with Crippen LogP contribution in [0.15, 0.2) is 36.4 Å². The van der Waals surface area contributed by atoms with Gasteiger partial charge < -0.3 is 14.8 Å². The van der Waals surface area contributed by atoms with Crippen molar-refractivity contribution in [3.63, 3.8) is 0 Å². The van der Waals surface area contributed by atoms with Gasteiger partial charge in [0.15, 0.2) is 6.79 Å². The van der Waals surface area contributed by atoms with Crippen LogP contribution in [0.4, 0.5) is 5.69 Å². The van der Waals surface area contributed by atoms with Gasteiger partial charge in [-0.15, -0.1) is 11.8 Å². The normalized spacial score (nSPS) is 13.2. The minimum atomic E-state index is -0.0209. The van der Waals surface area contributed by atoms with E-state index in [-0.39, 0.29) is 12.7 Å². The van der Waals surface area contributed by atoms with Crippen LogP contribution < -0.4 is 10.1 Å². The number of hydrogen-bond donors (Lipinski definition) is 1. The van der Waals surface area contributed by atoms with Crippen LogP contribution >= 0.6 is 23.4 Å². The van der Waals surface area contributed by atoms with Crippen molar-refractivity contribution < 1.29 is 14.3 Å². The summed E-state index contributed by atoms with van der Waals surface area (Å²) in [6.07, 6.45) is 0. The second kappa shape index (κ2) is 8.80. The molecule has 6 heteroatoms. The number of ether oxygens (including phenoxy) is 2. The number of anilines is 1. The fourth-order valence-corrected chi connectivity index (χ4v) is 3.82. The molecule has 0 aromatic heterocycles. The van der Waals surface area contributed by atoms with Gasteiger partial charge in [-0.05, 0) is 35.7 Å². The summed E-state index contributed by atoms with van der Waals surface area (Å²) in [5.41, 5.74) is 4.02. The Morgan fingerprint density at radius 2 is 2.04 bits per heavy atom. The summed E-state index contributed by atoms with van der Waals surface area (Å²) in [6.45, 7) is 5.04. The molecular weight excluding hydrogens is 370 g/mol. The lowest BCUT2D eigenvalue weighted by atomic mass is 10.0. The quantitative estimate of drug-likeness (QED) is 0.735. The van der Waals surface area contributed by atoms with Crippen LogP contribution in [0.1, 0.15) is 36.5 Å². The molecule has 3 rings (SSSR count). The maximum Gasteiger partial charge on any atom is 0.234 e. The summed E-state index contributed by atoms with van der Waals surface area (Å²) in [4.78, 5) is 12.2. The molecule has 1 aliphatic rings. The second-order valence-electron chi connectivity index (χ2n) is 6.48. The minimum Gasteiger partial charge on any atom is -0.467 e. The van der Waals surface area contributed by atoms with Crippen molar-refractivity contribution in [2.75, 3.05) is 17.9 Å². The molecule has 0 bridgehead atoms. The van der Waals surface area contributed by atoms with Crippen molar-refractivity contribution in [1.82, 2.24) is 0 Å². The second-order valence-corrected chi connectivity index (χ2v) is 7.90. The van der Waals surface area contributed by atoms with Gasteiger partial charge in [-0.25, -0.2) is 0 Å². The SMILES string of the molecule is CC(C)c1ccc(NC(=O)CSCc2cc(Cl)cc3c2OCOC3)cc1. The number of nitrogens with one attached hydrogen (secondary N) is 1. The molecule has 138 valence electrons. The number of fused-ring (bicyclic) bond motifs is 1. The molecule has 1 aliphatic heterocycles. The zero-order chi connectivity index (χ0) is 18.5. The topological polar surface area (TPSA) is 47.6 Å². The average molecular weight is 392 g/mol. The van der Waals surface area contributed by atoms with Crippen molar-refractivity contribution in [3.05, 3.63) is 58.1 Å². The molecule has 0 aliphatic carbocycles. The Kier molecular flexibility index (Phi) is 6.46. The van der Waals surface area contributed by atoms with Crippen LogP contribution in [0, 0.1) is 0 Å². The molecule has 0 unspecified atom stereocenters. The Hall–Kier alpha value is -1.69. The Morgan fingerprint density at radius 1 is 1.27 bits per heavy atom. The molecule has 1 N–H and O–H groups in total. The van der Waals surface area contributed by atoms with Crippen LogP contribution in [0.3, 0.4) is 0 Å². The summed E-state index contributed by atoms with van der Waals surface area (Å²) < 4.78 is 10.9. The average Bonchev–Trinajstić information content (AvgIpc) is 2.62. The van der Waals surface area contributed by atoms with E-state index >= 15 is 0 Å². The monoisotopic (exact) mass is 391 g/mol. The molecule has 1 heterocycles. The highest BCUT2D eigenvalue weighted by Crippen LogP contribution is 2.33. The zero-order valence-electron chi connectivity index (χ0n) is 14.9. The Balaban J connectivity index is 1.53. The Morgan fingerprint density at radius 3 is 2.77 bits per heavy atom. The van der Waals surface area contributed by atoms with E-state index in [2.05, 4.69) is 19.2 Å². The van der Waals surface area contributed by atoms with Gasteiger partial charge in [-0.2, -0.15) is 0 Å². The minimum absolute atomic E-state index is 0.0209. The summed E-state index contributed by atoms with van der Waals surface area (Å²) in [5, 5.41) is 3.59. The maximum absolute atomic E-state index is 12.2. The molecule has 26 heavy (non-hydrogen) atoms. The van der Waals surface area contributed by atoms with Crippen molar-refractivity contribution >= 4 is 35.0 Å². The molecule has 4 nitrogen and oxygen atoms in total. The molecule has 0 radical (unpaired) electrons. The largest absolute Gasteiger partial charge is 0.467 e. The predicted molar refractivity (Wildman–Crippen MR) is 107 cm³/mol. The molecular formula is C20H22ClNO3S. The van der Waals surface area contributed by atoms with Gasteiger partial charge in [0.1, 0.15) is 5.75 Å². The first-order valence-electron chi connectivity index (χ1n) is 8.52. The highest BCUT2D eigenvalue weighted by Gasteiger charge is 2.16. The van der Waals surface area contributed by atoms with Gasteiger partial charge in [-0.3, -0.25) is 4.79 Å². The third-order valence-electron chi connectivity index (χ3n) is 4.10. The molecule has 1 amide bonds. The van der Waals surface area contributed by atoms with Crippen molar-refractivity contribution in [2.45, 2.75) is 32.1 Å². The van der Waals surface area contributed by atoms with E-state index < -0.39 is 0 Å². The lowest BCUT2D eigenvalue weighted by Gasteiger charge is -2.21. The molecule has 2 aromatic carbocycles. The molecule has 0 fully saturated rings. The van der Waals surface area contributed by atoms with Gasteiger partial charge in [0.05, 0.1) is 12.4 Å². The van der Waals surface area contributed by atoms with Crippen molar-refractivity contribution in [1.29, 1.82) is 0 Å². The lowest BCUT2D eigenvalue weighted by Crippen LogP contribution is -2.15. The van der Waals surface area contributed by atoms with E-state index in [1.54, 1.807) is 0 Å². The fraction of sp³-hybridized carbons (Fsp3) is 0.350. The van der Waals surface area contributed by atoms with Crippen molar-refractivity contribution in [3.8, 4) is 5.75 Å². The first-order chi connectivity index (χ1) is 12.5. The maximum atomic E-state index is 12.2. The van der Waals surface area contributed by atoms with Crippen molar-refractivity contribution in [2.24, 2.45) is 0 Å². The van der Waals surface area contributed by atoms with Crippen LogP contribution in [-0.2, 0) is 21.9 Å². The number of rotatable bonds is 6. The number of thioether (sulfide) groups is 1. The first kappa shape index (κ1) is 19.1. The number of carbonyl (C=O) groups excluding carboxylic acids is 1. The summed E-state index contributed by atoms with van der Waals surface area (Å²) in [6, 6.07) is 11.7. The Bertz CT molecular complexity index is 777. The van der Waals surface area contributed by atoms with Crippen LogP contribution in [0.2, 0.25) is 5.02 Å². The van der Waals surface area contributed by atoms with E-state index in [0.29, 0.717) is 29.1 Å². The number of amides is 1. The summed E-state index contributed by atoms with van der Waals surface area (Å²) in [5.74, 6) is 2.31. The summed E-state index contributed by atoms with van der Waals surface area (Å²) in [7, 11) is 0. The van der Waals surface area contributed by atoms with E-state index in [1.165, 1.54) is 17.3 Å².